The molecule has 1 aromatic carbocycles. The maximum Gasteiger partial charge on any atom is 0.254 e. The molecular formula is C15H20N2O2. The molecule has 1 aromatic rings. The number of fused-ring (bicyclic) bond motifs is 3. The van der Waals surface area contributed by atoms with Crippen molar-refractivity contribution in [3.63, 3.8) is 0 Å². The standard InChI is InChI=1S/C15H20N2O2/c16-10-15(19)8-13-7-6-12(15)9-17(13)14(18)11-4-2-1-3-5-11/h1-5,12-13,19H,6-10,16H2. The lowest BCUT2D eigenvalue weighted by molar-refractivity contribution is -0.109. The van der Waals surface area contributed by atoms with Crippen molar-refractivity contribution in [1.29, 1.82) is 0 Å². The highest BCUT2D eigenvalue weighted by Gasteiger charge is 2.50. The van der Waals surface area contributed by atoms with Gasteiger partial charge in [0.25, 0.3) is 5.91 Å². The fourth-order valence-electron chi connectivity index (χ4n) is 3.50. The summed E-state index contributed by atoms with van der Waals surface area (Å²) in [5.41, 5.74) is 5.66. The first-order chi connectivity index (χ1) is 9.14. The lowest BCUT2D eigenvalue weighted by Crippen LogP contribution is -2.64. The Morgan fingerprint density at radius 1 is 1.37 bits per heavy atom. The Bertz CT molecular complexity index is 476. The monoisotopic (exact) mass is 260 g/mol. The number of nitrogens with zero attached hydrogens (tertiary/aromatic N) is 1. The first-order valence-corrected chi connectivity index (χ1v) is 6.92. The van der Waals surface area contributed by atoms with E-state index < -0.39 is 5.60 Å². The summed E-state index contributed by atoms with van der Waals surface area (Å²) >= 11 is 0. The molecular weight excluding hydrogens is 240 g/mol. The molecule has 3 N–H and O–H groups in total. The summed E-state index contributed by atoms with van der Waals surface area (Å²) < 4.78 is 0. The summed E-state index contributed by atoms with van der Waals surface area (Å²) in [7, 11) is 0. The van der Waals surface area contributed by atoms with Crippen molar-refractivity contribution in [2.24, 2.45) is 11.7 Å². The number of aliphatic hydroxyl groups is 1. The Morgan fingerprint density at radius 2 is 2.11 bits per heavy atom. The van der Waals surface area contributed by atoms with Crippen LogP contribution in [0.25, 0.3) is 0 Å². The van der Waals surface area contributed by atoms with Gasteiger partial charge in [0.05, 0.1) is 5.60 Å². The van der Waals surface area contributed by atoms with E-state index in [1.807, 2.05) is 35.2 Å². The highest BCUT2D eigenvalue weighted by Crippen LogP contribution is 2.42. The first kappa shape index (κ1) is 12.6. The predicted octanol–water partition coefficient (Wildman–Crippen LogP) is 1.00. The van der Waals surface area contributed by atoms with E-state index in [0.29, 0.717) is 19.5 Å². The molecule has 4 rings (SSSR count). The van der Waals surface area contributed by atoms with Gasteiger partial charge in [0.15, 0.2) is 0 Å². The molecule has 0 aromatic heterocycles. The van der Waals surface area contributed by atoms with Crippen molar-refractivity contribution in [3.05, 3.63) is 35.9 Å². The number of carbonyl (C=O) groups is 1. The molecule has 3 aliphatic rings. The van der Waals surface area contributed by atoms with Crippen LogP contribution < -0.4 is 5.73 Å². The molecule has 102 valence electrons. The number of hydrogen-bond donors (Lipinski definition) is 2. The van der Waals surface area contributed by atoms with Crippen LogP contribution in [0.2, 0.25) is 0 Å². The van der Waals surface area contributed by atoms with Gasteiger partial charge in [-0.3, -0.25) is 4.79 Å². The molecule has 0 spiro atoms. The quantitative estimate of drug-likeness (QED) is 0.833. The summed E-state index contributed by atoms with van der Waals surface area (Å²) in [4.78, 5) is 14.4. The number of rotatable bonds is 2. The van der Waals surface area contributed by atoms with Crippen LogP contribution in [-0.4, -0.2) is 40.6 Å². The third kappa shape index (κ3) is 2.05. The molecule has 1 saturated carbocycles. The van der Waals surface area contributed by atoms with E-state index in [9.17, 15) is 9.90 Å². The molecule has 2 heterocycles. The molecule has 3 atom stereocenters. The topological polar surface area (TPSA) is 66.6 Å². The maximum absolute atomic E-state index is 12.5. The van der Waals surface area contributed by atoms with Crippen molar-refractivity contribution in [1.82, 2.24) is 4.90 Å². The van der Waals surface area contributed by atoms with Gasteiger partial charge in [0.1, 0.15) is 0 Å². The molecule has 3 unspecified atom stereocenters. The van der Waals surface area contributed by atoms with Gasteiger partial charge in [-0.25, -0.2) is 0 Å². The van der Waals surface area contributed by atoms with E-state index in [-0.39, 0.29) is 17.9 Å². The zero-order valence-electron chi connectivity index (χ0n) is 11.0. The van der Waals surface area contributed by atoms with Gasteiger partial charge in [-0.15, -0.1) is 0 Å². The molecule has 19 heavy (non-hydrogen) atoms. The Kier molecular flexibility index (Phi) is 3.07. The van der Waals surface area contributed by atoms with Gasteiger partial charge < -0.3 is 15.7 Å². The highest BCUT2D eigenvalue weighted by atomic mass is 16.3. The van der Waals surface area contributed by atoms with Crippen LogP contribution in [-0.2, 0) is 0 Å². The number of amides is 1. The Morgan fingerprint density at radius 3 is 2.68 bits per heavy atom. The van der Waals surface area contributed by atoms with Crippen LogP contribution in [0.4, 0.5) is 0 Å². The van der Waals surface area contributed by atoms with Gasteiger partial charge in [-0.1, -0.05) is 18.2 Å². The molecule has 2 aliphatic heterocycles. The number of benzene rings is 1. The van der Waals surface area contributed by atoms with Crippen molar-refractivity contribution in [2.75, 3.05) is 13.1 Å². The molecule has 2 saturated heterocycles. The van der Waals surface area contributed by atoms with Gasteiger partial charge in [0, 0.05) is 30.6 Å². The average molecular weight is 260 g/mol. The molecule has 4 heteroatoms. The van der Waals surface area contributed by atoms with Gasteiger partial charge in [-0.05, 0) is 31.4 Å². The summed E-state index contributed by atoms with van der Waals surface area (Å²) in [6.07, 6.45) is 2.56. The van der Waals surface area contributed by atoms with Crippen LogP contribution in [0, 0.1) is 5.92 Å². The molecule has 3 fully saturated rings. The van der Waals surface area contributed by atoms with Crippen LogP contribution in [0.1, 0.15) is 29.6 Å². The van der Waals surface area contributed by atoms with E-state index in [1.165, 1.54) is 0 Å². The van der Waals surface area contributed by atoms with Crippen molar-refractivity contribution >= 4 is 5.91 Å². The molecule has 1 aliphatic carbocycles. The van der Waals surface area contributed by atoms with Gasteiger partial charge in [-0.2, -0.15) is 0 Å². The third-order valence-corrected chi connectivity index (χ3v) is 4.69. The Hall–Kier alpha value is -1.39. The van der Waals surface area contributed by atoms with Crippen LogP contribution >= 0.6 is 0 Å². The summed E-state index contributed by atoms with van der Waals surface area (Å²) in [6, 6.07) is 9.49. The minimum Gasteiger partial charge on any atom is -0.388 e. The summed E-state index contributed by atoms with van der Waals surface area (Å²) in [6.45, 7) is 0.924. The molecule has 2 bridgehead atoms. The fraction of sp³-hybridized carbons (Fsp3) is 0.533. The lowest BCUT2D eigenvalue weighted by atomic mass is 9.68. The number of carbonyl (C=O) groups excluding carboxylic acids is 1. The van der Waals surface area contributed by atoms with E-state index in [1.54, 1.807) is 0 Å². The van der Waals surface area contributed by atoms with E-state index in [0.717, 1.165) is 18.4 Å². The van der Waals surface area contributed by atoms with Gasteiger partial charge in [0.2, 0.25) is 0 Å². The average Bonchev–Trinajstić information content (AvgIpc) is 2.48. The van der Waals surface area contributed by atoms with Gasteiger partial charge >= 0.3 is 0 Å². The number of piperidine rings is 2. The van der Waals surface area contributed by atoms with Crippen molar-refractivity contribution in [2.45, 2.75) is 30.9 Å². The second-order valence-electron chi connectivity index (χ2n) is 5.76. The van der Waals surface area contributed by atoms with Crippen molar-refractivity contribution in [3.8, 4) is 0 Å². The second kappa shape index (κ2) is 4.62. The van der Waals surface area contributed by atoms with Crippen LogP contribution in [0.3, 0.4) is 0 Å². The van der Waals surface area contributed by atoms with Crippen molar-refractivity contribution < 1.29 is 9.90 Å². The third-order valence-electron chi connectivity index (χ3n) is 4.69. The summed E-state index contributed by atoms with van der Waals surface area (Å²) in [5.74, 6) is 0.199. The van der Waals surface area contributed by atoms with E-state index in [2.05, 4.69) is 0 Å². The number of nitrogens with two attached hydrogens (primary N) is 1. The second-order valence-corrected chi connectivity index (χ2v) is 5.76. The largest absolute Gasteiger partial charge is 0.388 e. The Labute approximate surface area is 113 Å². The van der Waals surface area contributed by atoms with Crippen LogP contribution in [0.15, 0.2) is 30.3 Å². The highest BCUT2D eigenvalue weighted by molar-refractivity contribution is 5.94. The smallest absolute Gasteiger partial charge is 0.254 e. The summed E-state index contributed by atoms with van der Waals surface area (Å²) in [5, 5.41) is 10.5. The van der Waals surface area contributed by atoms with E-state index in [4.69, 9.17) is 5.73 Å². The maximum atomic E-state index is 12.5. The minimum atomic E-state index is -0.767. The van der Waals surface area contributed by atoms with Crippen LogP contribution in [0.5, 0.6) is 0 Å². The molecule has 0 radical (unpaired) electrons. The molecule has 1 amide bonds. The zero-order valence-corrected chi connectivity index (χ0v) is 11.0. The first-order valence-electron chi connectivity index (χ1n) is 6.92. The Balaban J connectivity index is 1.81. The predicted molar refractivity (Wildman–Crippen MR) is 72.6 cm³/mol. The number of hydrogen-bond acceptors (Lipinski definition) is 3. The van der Waals surface area contributed by atoms with E-state index >= 15 is 0 Å². The lowest BCUT2D eigenvalue weighted by Gasteiger charge is -2.53. The SMILES string of the molecule is NCC1(O)CC2CCC1CN2C(=O)c1ccccc1. The normalized spacial score (nSPS) is 33.5. The molecule has 4 nitrogen and oxygen atoms in total. The fourth-order valence-corrected chi connectivity index (χ4v) is 3.50. The minimum absolute atomic E-state index is 0.0781. The zero-order chi connectivity index (χ0) is 13.5.